The van der Waals surface area contributed by atoms with Gasteiger partial charge in [0.25, 0.3) is 0 Å². The molecule has 0 aromatic heterocycles. The third-order valence-corrected chi connectivity index (χ3v) is 3.82. The summed E-state index contributed by atoms with van der Waals surface area (Å²) in [6, 6.07) is 12.1. The average molecular weight is 300 g/mol. The van der Waals surface area contributed by atoms with E-state index in [-0.39, 0.29) is 11.8 Å². The molecule has 0 saturated carbocycles. The van der Waals surface area contributed by atoms with Crippen LogP contribution in [-0.2, 0) is 4.79 Å². The van der Waals surface area contributed by atoms with E-state index >= 15 is 0 Å². The number of carbonyl (C=O) groups is 1. The van der Waals surface area contributed by atoms with E-state index in [9.17, 15) is 4.79 Å². The first kappa shape index (κ1) is 16.3. The smallest absolute Gasteiger partial charge is 0.227 e. The lowest BCUT2D eigenvalue weighted by Gasteiger charge is -2.15. The summed E-state index contributed by atoms with van der Waals surface area (Å²) in [5.74, 6) is 0.748. The van der Waals surface area contributed by atoms with Crippen molar-refractivity contribution in [3.05, 3.63) is 42.0 Å². The zero-order chi connectivity index (χ0) is 16.1. The van der Waals surface area contributed by atoms with Gasteiger partial charge in [-0.25, -0.2) is 0 Å². The number of rotatable bonds is 6. The Hall–Kier alpha value is -2.07. The van der Waals surface area contributed by atoms with Crippen molar-refractivity contribution in [2.75, 3.05) is 34.3 Å². The quantitative estimate of drug-likeness (QED) is 0.891. The van der Waals surface area contributed by atoms with Crippen LogP contribution in [-0.4, -0.2) is 45.1 Å². The molecule has 0 radical (unpaired) electrons. The summed E-state index contributed by atoms with van der Waals surface area (Å²) in [7, 11) is 5.65. The SMILES string of the molecule is COc1ccc2cc([C@H](C)C(=O)NCCN(C)C)ccc2c1. The van der Waals surface area contributed by atoms with E-state index in [2.05, 4.69) is 11.4 Å². The van der Waals surface area contributed by atoms with Gasteiger partial charge in [0.15, 0.2) is 0 Å². The Balaban J connectivity index is 2.11. The Morgan fingerprint density at radius 1 is 1.18 bits per heavy atom. The van der Waals surface area contributed by atoms with Crippen LogP contribution in [0.2, 0.25) is 0 Å². The van der Waals surface area contributed by atoms with Crippen LogP contribution < -0.4 is 10.1 Å². The summed E-state index contributed by atoms with van der Waals surface area (Å²) in [5, 5.41) is 5.21. The van der Waals surface area contributed by atoms with Crippen LogP contribution in [0, 0.1) is 0 Å². The maximum Gasteiger partial charge on any atom is 0.227 e. The van der Waals surface area contributed by atoms with E-state index in [1.165, 1.54) is 0 Å². The summed E-state index contributed by atoms with van der Waals surface area (Å²) in [6.45, 7) is 3.45. The molecule has 0 spiro atoms. The van der Waals surface area contributed by atoms with Gasteiger partial charge in [-0.15, -0.1) is 0 Å². The second kappa shape index (κ2) is 7.27. The fourth-order valence-corrected chi connectivity index (χ4v) is 2.35. The molecule has 0 saturated heterocycles. The van der Waals surface area contributed by atoms with E-state index in [0.717, 1.165) is 28.6 Å². The van der Waals surface area contributed by atoms with Crippen molar-refractivity contribution in [3.63, 3.8) is 0 Å². The molecule has 2 rings (SSSR count). The predicted molar refractivity (Wildman–Crippen MR) is 90.5 cm³/mol. The Kier molecular flexibility index (Phi) is 5.39. The van der Waals surface area contributed by atoms with Crippen molar-refractivity contribution in [3.8, 4) is 5.75 Å². The highest BCUT2D eigenvalue weighted by molar-refractivity contribution is 5.88. The third-order valence-electron chi connectivity index (χ3n) is 3.82. The lowest BCUT2D eigenvalue weighted by molar-refractivity contribution is -0.122. The summed E-state index contributed by atoms with van der Waals surface area (Å²) >= 11 is 0. The first-order valence-corrected chi connectivity index (χ1v) is 7.51. The molecule has 2 aromatic carbocycles. The van der Waals surface area contributed by atoms with Crippen molar-refractivity contribution in [1.29, 1.82) is 0 Å². The molecule has 4 nitrogen and oxygen atoms in total. The van der Waals surface area contributed by atoms with Crippen LogP contribution in [0.4, 0.5) is 0 Å². The minimum Gasteiger partial charge on any atom is -0.497 e. The molecular weight excluding hydrogens is 276 g/mol. The molecule has 0 unspecified atom stereocenters. The van der Waals surface area contributed by atoms with Gasteiger partial charge in [-0.1, -0.05) is 24.3 Å². The number of hydrogen-bond donors (Lipinski definition) is 1. The molecule has 0 aliphatic carbocycles. The van der Waals surface area contributed by atoms with Crippen LogP contribution in [0.25, 0.3) is 10.8 Å². The molecule has 0 aliphatic heterocycles. The molecule has 0 bridgehead atoms. The number of likely N-dealkylation sites (N-methyl/N-ethyl adjacent to an activating group) is 1. The summed E-state index contributed by atoms with van der Waals surface area (Å²) in [4.78, 5) is 14.3. The van der Waals surface area contributed by atoms with E-state index < -0.39 is 0 Å². The second-order valence-electron chi connectivity index (χ2n) is 5.79. The number of carbonyl (C=O) groups excluding carboxylic acids is 1. The third kappa shape index (κ3) is 3.98. The Bertz CT molecular complexity index is 653. The molecule has 2 aromatic rings. The zero-order valence-electron chi connectivity index (χ0n) is 13.7. The Morgan fingerprint density at radius 3 is 2.55 bits per heavy atom. The average Bonchev–Trinajstić information content (AvgIpc) is 2.52. The summed E-state index contributed by atoms with van der Waals surface area (Å²) in [5.41, 5.74) is 1.03. The van der Waals surface area contributed by atoms with Crippen molar-refractivity contribution < 1.29 is 9.53 Å². The normalized spacial score (nSPS) is 12.4. The van der Waals surface area contributed by atoms with E-state index in [1.807, 2.05) is 56.3 Å². The lowest BCUT2D eigenvalue weighted by Crippen LogP contribution is -2.33. The van der Waals surface area contributed by atoms with Crippen molar-refractivity contribution in [1.82, 2.24) is 10.2 Å². The zero-order valence-corrected chi connectivity index (χ0v) is 13.7. The number of methoxy groups -OCH3 is 1. The number of nitrogens with zero attached hydrogens (tertiary/aromatic N) is 1. The molecular formula is C18H24N2O2. The fraction of sp³-hybridized carbons (Fsp3) is 0.389. The molecule has 1 atom stereocenters. The van der Waals surface area contributed by atoms with E-state index in [1.54, 1.807) is 7.11 Å². The van der Waals surface area contributed by atoms with Gasteiger partial charge in [-0.3, -0.25) is 4.79 Å². The van der Waals surface area contributed by atoms with Crippen LogP contribution in [0.5, 0.6) is 5.75 Å². The molecule has 0 aliphatic rings. The number of benzene rings is 2. The number of hydrogen-bond acceptors (Lipinski definition) is 3. The van der Waals surface area contributed by atoms with Crippen molar-refractivity contribution in [2.24, 2.45) is 0 Å². The van der Waals surface area contributed by atoms with Gasteiger partial charge in [0, 0.05) is 13.1 Å². The van der Waals surface area contributed by atoms with Crippen molar-refractivity contribution >= 4 is 16.7 Å². The van der Waals surface area contributed by atoms with Gasteiger partial charge in [-0.05, 0) is 49.5 Å². The van der Waals surface area contributed by atoms with Crippen LogP contribution >= 0.6 is 0 Å². The number of nitrogens with one attached hydrogen (secondary N) is 1. The highest BCUT2D eigenvalue weighted by atomic mass is 16.5. The topological polar surface area (TPSA) is 41.6 Å². The number of amides is 1. The van der Waals surface area contributed by atoms with Crippen LogP contribution in [0.1, 0.15) is 18.4 Å². The highest BCUT2D eigenvalue weighted by Crippen LogP contribution is 2.25. The molecule has 1 N–H and O–H groups in total. The largest absolute Gasteiger partial charge is 0.497 e. The number of ether oxygens (including phenoxy) is 1. The monoisotopic (exact) mass is 300 g/mol. The predicted octanol–water partition coefficient (Wildman–Crippen LogP) is 2.63. The Labute approximate surface area is 132 Å². The standard InChI is InChI=1S/C18H24N2O2/c1-13(18(21)19-9-10-20(2)3)14-5-6-16-12-17(22-4)8-7-15(16)11-14/h5-8,11-13H,9-10H2,1-4H3,(H,19,21)/t13-/m0/s1. The minimum absolute atomic E-state index is 0.0645. The first-order valence-electron chi connectivity index (χ1n) is 7.51. The molecule has 0 fully saturated rings. The van der Waals surface area contributed by atoms with Crippen LogP contribution in [0.15, 0.2) is 36.4 Å². The van der Waals surface area contributed by atoms with Gasteiger partial charge >= 0.3 is 0 Å². The van der Waals surface area contributed by atoms with Gasteiger partial charge in [0.1, 0.15) is 5.75 Å². The highest BCUT2D eigenvalue weighted by Gasteiger charge is 2.15. The first-order chi connectivity index (χ1) is 10.5. The molecule has 118 valence electrons. The lowest BCUT2D eigenvalue weighted by atomic mass is 9.97. The van der Waals surface area contributed by atoms with Gasteiger partial charge in [0.2, 0.25) is 5.91 Å². The molecule has 0 heterocycles. The molecule has 1 amide bonds. The van der Waals surface area contributed by atoms with Crippen molar-refractivity contribution in [2.45, 2.75) is 12.8 Å². The summed E-state index contributed by atoms with van der Waals surface area (Å²) in [6.07, 6.45) is 0. The Morgan fingerprint density at radius 2 is 1.86 bits per heavy atom. The maximum absolute atomic E-state index is 12.2. The summed E-state index contributed by atoms with van der Waals surface area (Å²) < 4.78 is 5.23. The fourth-order valence-electron chi connectivity index (χ4n) is 2.35. The van der Waals surface area contributed by atoms with E-state index in [4.69, 9.17) is 4.74 Å². The van der Waals surface area contributed by atoms with Gasteiger partial charge < -0.3 is 15.0 Å². The van der Waals surface area contributed by atoms with E-state index in [0.29, 0.717) is 6.54 Å². The van der Waals surface area contributed by atoms with Gasteiger partial charge in [0.05, 0.1) is 13.0 Å². The van der Waals surface area contributed by atoms with Crippen LogP contribution in [0.3, 0.4) is 0 Å². The molecule has 4 heteroatoms. The second-order valence-corrected chi connectivity index (χ2v) is 5.79. The minimum atomic E-state index is -0.159. The number of fused-ring (bicyclic) bond motifs is 1. The molecule has 22 heavy (non-hydrogen) atoms. The van der Waals surface area contributed by atoms with Gasteiger partial charge in [-0.2, -0.15) is 0 Å². The maximum atomic E-state index is 12.2.